The summed E-state index contributed by atoms with van der Waals surface area (Å²) in [5.41, 5.74) is 1.37. The van der Waals surface area contributed by atoms with Crippen LogP contribution in [0.25, 0.3) is 0 Å². The summed E-state index contributed by atoms with van der Waals surface area (Å²) in [7, 11) is -3.31. The minimum Gasteiger partial charge on any atom is -0.488 e. The predicted octanol–water partition coefficient (Wildman–Crippen LogP) is 2.12. The van der Waals surface area contributed by atoms with Crippen molar-refractivity contribution in [1.82, 2.24) is 4.98 Å². The normalized spacial score (nSPS) is 15.8. The molecular weight excluding hydrogens is 252 g/mol. The number of nitrogens with zero attached hydrogens (tertiary/aromatic N) is 1. The first kappa shape index (κ1) is 13.1. The van der Waals surface area contributed by atoms with Gasteiger partial charge in [-0.1, -0.05) is 13.8 Å². The summed E-state index contributed by atoms with van der Waals surface area (Å²) in [4.78, 5) is 4.04. The summed E-state index contributed by atoms with van der Waals surface area (Å²) in [6.07, 6.45) is 6.68. The highest BCUT2D eigenvalue weighted by molar-refractivity contribution is 7.92. The van der Waals surface area contributed by atoms with Gasteiger partial charge in [0, 0.05) is 5.56 Å². The Kier molecular flexibility index (Phi) is 3.47. The molecule has 0 atom stereocenters. The van der Waals surface area contributed by atoms with Gasteiger partial charge in [0.1, 0.15) is 5.75 Å². The van der Waals surface area contributed by atoms with Gasteiger partial charge in [0.15, 0.2) is 0 Å². The van der Waals surface area contributed by atoms with Crippen molar-refractivity contribution < 1.29 is 13.2 Å². The Morgan fingerprint density at radius 1 is 1.39 bits per heavy atom. The van der Waals surface area contributed by atoms with Crippen molar-refractivity contribution in [2.24, 2.45) is 0 Å². The van der Waals surface area contributed by atoms with Crippen molar-refractivity contribution in [3.63, 3.8) is 0 Å². The number of ether oxygens (including phenoxy) is 1. The quantitative estimate of drug-likeness (QED) is 0.889. The van der Waals surface area contributed by atoms with E-state index in [2.05, 4.69) is 9.71 Å². The van der Waals surface area contributed by atoms with Gasteiger partial charge < -0.3 is 4.74 Å². The first-order valence-corrected chi connectivity index (χ1v) is 7.88. The van der Waals surface area contributed by atoms with Gasteiger partial charge in [-0.2, -0.15) is 0 Å². The SMILES string of the molecule is CC(C)c1c(NS(C)(=O)=O)cncc1OC1CC1. The lowest BCUT2D eigenvalue weighted by Gasteiger charge is -2.17. The maximum atomic E-state index is 11.3. The summed E-state index contributed by atoms with van der Waals surface area (Å²) >= 11 is 0. The molecule has 1 aliphatic carbocycles. The molecule has 1 aromatic rings. The van der Waals surface area contributed by atoms with Gasteiger partial charge in [-0.25, -0.2) is 8.42 Å². The van der Waals surface area contributed by atoms with Crippen LogP contribution < -0.4 is 9.46 Å². The van der Waals surface area contributed by atoms with Crippen molar-refractivity contribution >= 4 is 15.7 Å². The number of aromatic nitrogens is 1. The Hall–Kier alpha value is -1.30. The van der Waals surface area contributed by atoms with Crippen LogP contribution in [0.1, 0.15) is 38.2 Å². The molecule has 1 aliphatic rings. The maximum absolute atomic E-state index is 11.3. The van der Waals surface area contributed by atoms with Crippen molar-refractivity contribution in [3.8, 4) is 5.75 Å². The number of hydrogen-bond donors (Lipinski definition) is 1. The number of pyridine rings is 1. The molecule has 0 radical (unpaired) electrons. The monoisotopic (exact) mass is 270 g/mol. The molecule has 1 heterocycles. The molecule has 5 nitrogen and oxygen atoms in total. The van der Waals surface area contributed by atoms with Gasteiger partial charge in [0.25, 0.3) is 0 Å². The lowest BCUT2D eigenvalue weighted by molar-refractivity contribution is 0.298. The van der Waals surface area contributed by atoms with Gasteiger partial charge in [0.2, 0.25) is 10.0 Å². The third-order valence-electron chi connectivity index (χ3n) is 2.64. The van der Waals surface area contributed by atoms with Crippen LogP contribution in [0.2, 0.25) is 0 Å². The number of nitrogens with one attached hydrogen (secondary N) is 1. The van der Waals surface area contributed by atoms with Crippen LogP contribution in [0, 0.1) is 0 Å². The van der Waals surface area contributed by atoms with E-state index in [1.807, 2.05) is 13.8 Å². The van der Waals surface area contributed by atoms with E-state index in [-0.39, 0.29) is 12.0 Å². The van der Waals surface area contributed by atoms with Gasteiger partial charge >= 0.3 is 0 Å². The number of sulfonamides is 1. The largest absolute Gasteiger partial charge is 0.488 e. The van der Waals surface area contributed by atoms with E-state index in [1.54, 1.807) is 6.20 Å². The first-order chi connectivity index (χ1) is 8.37. The second kappa shape index (κ2) is 4.76. The van der Waals surface area contributed by atoms with Gasteiger partial charge in [-0.3, -0.25) is 9.71 Å². The molecule has 0 saturated heterocycles. The molecule has 2 rings (SSSR count). The summed E-state index contributed by atoms with van der Waals surface area (Å²) < 4.78 is 31.0. The molecule has 1 fully saturated rings. The molecule has 0 aromatic carbocycles. The summed E-state index contributed by atoms with van der Waals surface area (Å²) in [6.45, 7) is 4.01. The molecule has 0 unspecified atom stereocenters. The molecule has 0 amide bonds. The van der Waals surface area contributed by atoms with Crippen LogP contribution in [-0.4, -0.2) is 25.8 Å². The molecule has 0 aliphatic heterocycles. The first-order valence-electron chi connectivity index (χ1n) is 5.99. The third kappa shape index (κ3) is 3.35. The fourth-order valence-electron chi connectivity index (χ4n) is 1.79. The predicted molar refractivity (Wildman–Crippen MR) is 70.4 cm³/mol. The fourth-order valence-corrected chi connectivity index (χ4v) is 2.35. The highest BCUT2D eigenvalue weighted by atomic mass is 32.2. The standard InChI is InChI=1S/C12H18N2O3S/c1-8(2)12-10(14-18(3,15)16)6-13-7-11(12)17-9-4-5-9/h6-9,14H,4-5H2,1-3H3. The fraction of sp³-hybridized carbons (Fsp3) is 0.583. The highest BCUT2D eigenvalue weighted by Gasteiger charge is 2.26. The highest BCUT2D eigenvalue weighted by Crippen LogP contribution is 2.36. The van der Waals surface area contributed by atoms with Crippen molar-refractivity contribution in [1.29, 1.82) is 0 Å². The summed E-state index contributed by atoms with van der Waals surface area (Å²) in [5, 5.41) is 0. The van der Waals surface area contributed by atoms with E-state index in [9.17, 15) is 8.42 Å². The summed E-state index contributed by atoms with van der Waals surface area (Å²) in [5.74, 6) is 0.840. The second-order valence-corrected chi connectivity index (χ2v) is 6.69. The zero-order chi connectivity index (χ0) is 13.3. The third-order valence-corrected chi connectivity index (χ3v) is 3.23. The van der Waals surface area contributed by atoms with E-state index < -0.39 is 10.0 Å². The van der Waals surface area contributed by atoms with Crippen LogP contribution in [0.4, 0.5) is 5.69 Å². The topological polar surface area (TPSA) is 68.3 Å². The van der Waals surface area contributed by atoms with Crippen molar-refractivity contribution in [2.75, 3.05) is 11.0 Å². The Morgan fingerprint density at radius 2 is 2.06 bits per heavy atom. The van der Waals surface area contributed by atoms with Gasteiger partial charge in [-0.05, 0) is 18.8 Å². The Morgan fingerprint density at radius 3 is 2.56 bits per heavy atom. The van der Waals surface area contributed by atoms with E-state index in [1.165, 1.54) is 6.20 Å². The molecular formula is C12H18N2O3S. The molecule has 1 aromatic heterocycles. The van der Waals surface area contributed by atoms with Crippen LogP contribution in [0.5, 0.6) is 5.75 Å². The molecule has 1 N–H and O–H groups in total. The minimum absolute atomic E-state index is 0.158. The Balaban J connectivity index is 2.37. The molecule has 100 valence electrons. The Bertz CT molecular complexity index is 536. The Labute approximate surface area is 108 Å². The molecule has 0 spiro atoms. The lowest BCUT2D eigenvalue weighted by atomic mass is 10.0. The molecule has 1 saturated carbocycles. The smallest absolute Gasteiger partial charge is 0.229 e. The van der Waals surface area contributed by atoms with E-state index in [0.29, 0.717) is 11.4 Å². The molecule has 0 bridgehead atoms. The zero-order valence-corrected chi connectivity index (χ0v) is 11.6. The van der Waals surface area contributed by atoms with Gasteiger partial charge in [0.05, 0.1) is 30.4 Å². The van der Waals surface area contributed by atoms with E-state index in [0.717, 1.165) is 24.7 Å². The van der Waals surface area contributed by atoms with Crippen LogP contribution >= 0.6 is 0 Å². The van der Waals surface area contributed by atoms with Crippen molar-refractivity contribution in [2.45, 2.75) is 38.7 Å². The molecule has 6 heteroatoms. The van der Waals surface area contributed by atoms with Crippen LogP contribution in [-0.2, 0) is 10.0 Å². The van der Waals surface area contributed by atoms with Gasteiger partial charge in [-0.15, -0.1) is 0 Å². The molecule has 18 heavy (non-hydrogen) atoms. The van der Waals surface area contributed by atoms with Crippen LogP contribution in [0.3, 0.4) is 0 Å². The van der Waals surface area contributed by atoms with Crippen LogP contribution in [0.15, 0.2) is 12.4 Å². The maximum Gasteiger partial charge on any atom is 0.229 e. The second-order valence-electron chi connectivity index (χ2n) is 4.95. The van der Waals surface area contributed by atoms with Crippen molar-refractivity contribution in [3.05, 3.63) is 18.0 Å². The number of rotatable bonds is 5. The average molecular weight is 270 g/mol. The van der Waals surface area contributed by atoms with E-state index >= 15 is 0 Å². The minimum atomic E-state index is -3.31. The van der Waals surface area contributed by atoms with E-state index in [4.69, 9.17) is 4.74 Å². The lowest BCUT2D eigenvalue weighted by Crippen LogP contribution is -2.13. The summed E-state index contributed by atoms with van der Waals surface area (Å²) in [6, 6.07) is 0. The number of anilines is 1. The zero-order valence-electron chi connectivity index (χ0n) is 10.8. The average Bonchev–Trinajstić information content (AvgIpc) is 2.98. The number of hydrogen-bond acceptors (Lipinski definition) is 4.